The highest BCUT2D eigenvalue weighted by molar-refractivity contribution is 7.20. The lowest BCUT2D eigenvalue weighted by Gasteiger charge is -2.36. The average Bonchev–Trinajstić information content (AvgIpc) is 3.79. The topological polar surface area (TPSA) is 123 Å². The molecular formula is C30H35N9O3S. The predicted molar refractivity (Wildman–Crippen MR) is 166 cm³/mol. The van der Waals surface area contributed by atoms with E-state index in [1.807, 2.05) is 29.2 Å². The molecule has 224 valence electrons. The average molecular weight is 602 g/mol. The zero-order valence-electron chi connectivity index (χ0n) is 23.9. The molecule has 0 unspecified atom stereocenters. The third-order valence-corrected chi connectivity index (χ3v) is 9.46. The van der Waals surface area contributed by atoms with E-state index in [4.69, 9.17) is 4.74 Å². The zero-order chi connectivity index (χ0) is 29.2. The molecule has 7 rings (SSSR count). The van der Waals surface area contributed by atoms with E-state index in [-0.39, 0.29) is 17.9 Å². The molecule has 3 fully saturated rings. The van der Waals surface area contributed by atoms with Crippen molar-refractivity contribution < 1.29 is 14.3 Å². The highest BCUT2D eigenvalue weighted by Crippen LogP contribution is 2.32. The SMILES string of the molecule is O=C(N[C@@H]1CCN(CC(=O)N2CCN(c3ccc(-c4ncccn4)cc3)CC2)C1)c1cc2c(N3CCOCC3)n[nH]c2s1. The number of amides is 2. The molecule has 3 saturated heterocycles. The first-order chi connectivity index (χ1) is 21.1. The van der Waals surface area contributed by atoms with Gasteiger partial charge in [-0.05, 0) is 42.8 Å². The monoisotopic (exact) mass is 601 g/mol. The van der Waals surface area contributed by atoms with E-state index in [1.165, 1.54) is 11.3 Å². The van der Waals surface area contributed by atoms with Crippen LogP contribution in [0.2, 0.25) is 0 Å². The van der Waals surface area contributed by atoms with Crippen molar-refractivity contribution in [2.75, 3.05) is 81.9 Å². The molecule has 43 heavy (non-hydrogen) atoms. The maximum atomic E-state index is 13.1. The van der Waals surface area contributed by atoms with Gasteiger partial charge in [-0.15, -0.1) is 11.3 Å². The Morgan fingerprint density at radius 3 is 2.51 bits per heavy atom. The Labute approximate surface area is 253 Å². The molecule has 0 spiro atoms. The van der Waals surface area contributed by atoms with Gasteiger partial charge < -0.3 is 24.8 Å². The van der Waals surface area contributed by atoms with E-state index in [0.717, 1.165) is 66.4 Å². The van der Waals surface area contributed by atoms with Gasteiger partial charge in [0, 0.05) is 82.0 Å². The summed E-state index contributed by atoms with van der Waals surface area (Å²) < 4.78 is 5.46. The van der Waals surface area contributed by atoms with Crippen LogP contribution in [0.4, 0.5) is 11.5 Å². The number of rotatable bonds is 7. The van der Waals surface area contributed by atoms with Crippen molar-refractivity contribution in [2.24, 2.45) is 0 Å². The second-order valence-electron chi connectivity index (χ2n) is 11.2. The van der Waals surface area contributed by atoms with Crippen molar-refractivity contribution >= 4 is 44.9 Å². The molecule has 12 nitrogen and oxygen atoms in total. The van der Waals surface area contributed by atoms with Gasteiger partial charge in [0.15, 0.2) is 11.6 Å². The lowest BCUT2D eigenvalue weighted by molar-refractivity contribution is -0.132. The van der Waals surface area contributed by atoms with Crippen molar-refractivity contribution in [2.45, 2.75) is 12.5 Å². The van der Waals surface area contributed by atoms with E-state index >= 15 is 0 Å². The normalized spacial score (nSPS) is 19.7. The molecule has 0 bridgehead atoms. The van der Waals surface area contributed by atoms with E-state index in [1.54, 1.807) is 12.4 Å². The number of likely N-dealkylation sites (tertiary alicyclic amines) is 1. The number of ether oxygens (including phenoxy) is 1. The van der Waals surface area contributed by atoms with Crippen LogP contribution in [-0.2, 0) is 9.53 Å². The number of anilines is 2. The molecule has 3 aliphatic rings. The second-order valence-corrected chi connectivity index (χ2v) is 12.2. The molecule has 2 N–H and O–H groups in total. The van der Waals surface area contributed by atoms with Crippen molar-refractivity contribution in [3.8, 4) is 11.4 Å². The Morgan fingerprint density at radius 2 is 1.74 bits per heavy atom. The minimum atomic E-state index is -0.0684. The smallest absolute Gasteiger partial charge is 0.261 e. The van der Waals surface area contributed by atoms with Crippen LogP contribution in [0.15, 0.2) is 48.8 Å². The number of hydrogen-bond donors (Lipinski definition) is 2. The Kier molecular flexibility index (Phi) is 7.92. The van der Waals surface area contributed by atoms with Gasteiger partial charge in [-0.25, -0.2) is 9.97 Å². The number of fused-ring (bicyclic) bond motifs is 1. The third-order valence-electron chi connectivity index (χ3n) is 8.43. The maximum Gasteiger partial charge on any atom is 0.261 e. The number of hydrogen-bond acceptors (Lipinski definition) is 10. The lowest BCUT2D eigenvalue weighted by atomic mass is 10.1. The fourth-order valence-corrected chi connectivity index (χ4v) is 6.96. The second kappa shape index (κ2) is 12.3. The number of morpholine rings is 1. The molecule has 3 aliphatic heterocycles. The van der Waals surface area contributed by atoms with Crippen LogP contribution in [0.5, 0.6) is 0 Å². The summed E-state index contributed by atoms with van der Waals surface area (Å²) >= 11 is 1.43. The van der Waals surface area contributed by atoms with E-state index < -0.39 is 0 Å². The molecule has 1 atom stereocenters. The van der Waals surface area contributed by atoms with E-state index in [2.05, 4.69) is 52.3 Å². The number of carbonyl (C=O) groups is 2. The van der Waals surface area contributed by atoms with Gasteiger partial charge in [-0.3, -0.25) is 19.6 Å². The largest absolute Gasteiger partial charge is 0.378 e. The Hall–Kier alpha value is -4.07. The highest BCUT2D eigenvalue weighted by Gasteiger charge is 2.29. The van der Waals surface area contributed by atoms with Crippen molar-refractivity contribution in [1.82, 2.24) is 35.3 Å². The van der Waals surface area contributed by atoms with E-state index in [9.17, 15) is 9.59 Å². The molecule has 6 heterocycles. The summed E-state index contributed by atoms with van der Waals surface area (Å²) in [6, 6.07) is 12.1. The van der Waals surface area contributed by atoms with Crippen LogP contribution in [0.25, 0.3) is 21.6 Å². The fraction of sp³-hybridized carbons (Fsp3) is 0.433. The van der Waals surface area contributed by atoms with Crippen molar-refractivity contribution in [3.05, 3.63) is 53.7 Å². The van der Waals surface area contributed by atoms with Gasteiger partial charge in [0.05, 0.1) is 30.0 Å². The molecule has 0 saturated carbocycles. The molecule has 2 amide bonds. The van der Waals surface area contributed by atoms with Crippen molar-refractivity contribution in [1.29, 1.82) is 0 Å². The number of thiophene rings is 1. The van der Waals surface area contributed by atoms with Gasteiger partial charge in [-0.1, -0.05) is 0 Å². The minimum Gasteiger partial charge on any atom is -0.378 e. The van der Waals surface area contributed by atoms with Crippen LogP contribution >= 0.6 is 11.3 Å². The quantitative estimate of drug-likeness (QED) is 0.328. The number of benzene rings is 1. The molecule has 3 aromatic heterocycles. The molecule has 1 aromatic carbocycles. The zero-order valence-corrected chi connectivity index (χ0v) is 24.8. The first-order valence-corrected chi connectivity index (χ1v) is 15.7. The van der Waals surface area contributed by atoms with Crippen LogP contribution in [0.1, 0.15) is 16.1 Å². The summed E-state index contributed by atoms with van der Waals surface area (Å²) in [5.74, 6) is 1.68. The summed E-state index contributed by atoms with van der Waals surface area (Å²) in [6.07, 6.45) is 4.33. The predicted octanol–water partition coefficient (Wildman–Crippen LogP) is 2.07. The Morgan fingerprint density at radius 1 is 0.977 bits per heavy atom. The number of nitrogens with zero attached hydrogens (tertiary/aromatic N) is 7. The first-order valence-electron chi connectivity index (χ1n) is 14.8. The number of nitrogens with one attached hydrogen (secondary N) is 2. The molecular weight excluding hydrogens is 566 g/mol. The summed E-state index contributed by atoms with van der Waals surface area (Å²) in [4.78, 5) is 45.1. The van der Waals surface area contributed by atoms with Crippen LogP contribution in [0.3, 0.4) is 0 Å². The van der Waals surface area contributed by atoms with Gasteiger partial charge in [0.1, 0.15) is 4.83 Å². The maximum absolute atomic E-state index is 13.1. The lowest BCUT2D eigenvalue weighted by Crippen LogP contribution is -2.51. The number of carbonyl (C=O) groups excluding carboxylic acids is 2. The van der Waals surface area contributed by atoms with Crippen LogP contribution < -0.4 is 15.1 Å². The van der Waals surface area contributed by atoms with Crippen LogP contribution in [-0.4, -0.2) is 120 Å². The Balaban J connectivity index is 0.874. The number of H-pyrrole nitrogens is 1. The summed E-state index contributed by atoms with van der Waals surface area (Å²) in [5.41, 5.74) is 2.13. The minimum absolute atomic E-state index is 0.0266. The Bertz CT molecular complexity index is 1560. The van der Waals surface area contributed by atoms with E-state index in [0.29, 0.717) is 50.1 Å². The molecule has 0 radical (unpaired) electrons. The van der Waals surface area contributed by atoms with Crippen molar-refractivity contribution in [3.63, 3.8) is 0 Å². The summed E-state index contributed by atoms with van der Waals surface area (Å²) in [7, 11) is 0. The van der Waals surface area contributed by atoms with Gasteiger partial charge in [0.2, 0.25) is 5.91 Å². The standard InChI is InChI=1S/C30H35N9O3S/c40-26(38-12-10-37(11-13-38)23-4-2-21(3-5-23)27-31-7-1-8-32-27)20-36-9-6-22(19-36)33-29(41)25-18-24-28(34-35-30(24)43-25)39-14-16-42-17-15-39/h1-5,7-8,18,22H,6,9-17,19-20H2,(H,33,41)(H,34,35)/t22-/m1/s1. The molecule has 13 heteroatoms. The number of aromatic nitrogens is 4. The number of aromatic amines is 1. The highest BCUT2D eigenvalue weighted by atomic mass is 32.1. The number of piperazine rings is 1. The van der Waals surface area contributed by atoms with Gasteiger partial charge >= 0.3 is 0 Å². The summed E-state index contributed by atoms with van der Waals surface area (Å²) in [6.45, 7) is 7.80. The first kappa shape index (κ1) is 27.7. The third kappa shape index (κ3) is 6.05. The molecule has 4 aromatic rings. The fourth-order valence-electron chi connectivity index (χ4n) is 6.06. The molecule has 0 aliphatic carbocycles. The van der Waals surface area contributed by atoms with Gasteiger partial charge in [-0.2, -0.15) is 5.10 Å². The summed E-state index contributed by atoms with van der Waals surface area (Å²) in [5, 5.41) is 11.7. The van der Waals surface area contributed by atoms with Crippen LogP contribution in [0, 0.1) is 0 Å². The van der Waals surface area contributed by atoms with Gasteiger partial charge in [0.25, 0.3) is 5.91 Å².